The van der Waals surface area contributed by atoms with E-state index in [0.717, 1.165) is 3.57 Å². The third-order valence-corrected chi connectivity index (χ3v) is 2.65. The predicted molar refractivity (Wildman–Crippen MR) is 63.3 cm³/mol. The van der Waals surface area contributed by atoms with Crippen LogP contribution in [0.1, 0.15) is 10.4 Å². The molecule has 0 spiro atoms. The van der Waals surface area contributed by atoms with Crippen LogP contribution in [0.5, 0.6) is 0 Å². The summed E-state index contributed by atoms with van der Waals surface area (Å²) < 4.78 is 2.70. The molecule has 0 fully saturated rings. The zero-order valence-electron chi connectivity index (χ0n) is 7.35. The van der Waals surface area contributed by atoms with Gasteiger partial charge in [-0.2, -0.15) is 0 Å². The van der Waals surface area contributed by atoms with Crippen LogP contribution in [0.4, 0.5) is 0 Å². The molecule has 2 rings (SSSR count). The molecule has 0 saturated heterocycles. The summed E-state index contributed by atoms with van der Waals surface area (Å²) in [6, 6.07) is 11.2. The average Bonchev–Trinajstić information content (AvgIpc) is 2.71. The largest absolute Gasteiger partial charge is 0.291 e. The maximum absolute atomic E-state index is 11.8. The Balaban J connectivity index is 2.33. The van der Waals surface area contributed by atoms with E-state index in [0.29, 0.717) is 5.56 Å². The Morgan fingerprint density at radius 2 is 1.64 bits per heavy atom. The highest BCUT2D eigenvalue weighted by molar-refractivity contribution is 14.1. The van der Waals surface area contributed by atoms with Crippen molar-refractivity contribution in [2.45, 2.75) is 0 Å². The van der Waals surface area contributed by atoms with Crippen molar-refractivity contribution >= 4 is 28.5 Å². The van der Waals surface area contributed by atoms with Crippen molar-refractivity contribution in [1.29, 1.82) is 0 Å². The van der Waals surface area contributed by atoms with E-state index in [1.165, 1.54) is 0 Å². The predicted octanol–water partition coefficient (Wildman–Crippen LogP) is 2.78. The number of hydrogen-bond acceptors (Lipinski definition) is 1. The highest BCUT2D eigenvalue weighted by Crippen LogP contribution is 2.08. The second kappa shape index (κ2) is 3.96. The fourth-order valence-corrected chi connectivity index (χ4v) is 1.57. The van der Waals surface area contributed by atoms with Gasteiger partial charge in [-0.25, -0.2) is 0 Å². The van der Waals surface area contributed by atoms with Crippen LogP contribution in [0, 0.1) is 3.57 Å². The van der Waals surface area contributed by atoms with E-state index >= 15 is 0 Å². The minimum atomic E-state index is 0.00593. The van der Waals surface area contributed by atoms with E-state index < -0.39 is 0 Å². The van der Waals surface area contributed by atoms with Crippen LogP contribution in [-0.4, -0.2) is 10.5 Å². The number of carbonyl (C=O) groups excluding carboxylic acids is 1. The Kier molecular flexibility index (Phi) is 2.67. The molecule has 0 aliphatic rings. The zero-order chi connectivity index (χ0) is 9.97. The average molecular weight is 297 g/mol. The van der Waals surface area contributed by atoms with E-state index in [1.807, 2.05) is 36.4 Å². The van der Waals surface area contributed by atoms with Gasteiger partial charge in [-0.3, -0.25) is 9.36 Å². The Morgan fingerprint density at radius 3 is 2.21 bits per heavy atom. The number of nitrogens with zero attached hydrogens (tertiary/aromatic N) is 1. The van der Waals surface area contributed by atoms with Gasteiger partial charge in [0.15, 0.2) is 0 Å². The molecule has 0 saturated carbocycles. The molecule has 1 aromatic heterocycles. The van der Waals surface area contributed by atoms with Crippen molar-refractivity contribution in [3.05, 3.63) is 57.9 Å². The van der Waals surface area contributed by atoms with Gasteiger partial charge in [0, 0.05) is 21.5 Å². The van der Waals surface area contributed by atoms with Crippen molar-refractivity contribution in [3.63, 3.8) is 0 Å². The van der Waals surface area contributed by atoms with E-state index in [-0.39, 0.29) is 5.91 Å². The quantitative estimate of drug-likeness (QED) is 0.742. The lowest BCUT2D eigenvalue weighted by atomic mass is 10.2. The highest BCUT2D eigenvalue weighted by Gasteiger charge is 2.05. The molecule has 0 bridgehead atoms. The van der Waals surface area contributed by atoms with E-state index in [9.17, 15) is 4.79 Å². The second-order valence-electron chi connectivity index (χ2n) is 2.90. The number of benzene rings is 1. The van der Waals surface area contributed by atoms with Gasteiger partial charge >= 0.3 is 0 Å². The van der Waals surface area contributed by atoms with E-state index in [4.69, 9.17) is 0 Å². The summed E-state index contributed by atoms with van der Waals surface area (Å²) in [5, 5.41) is 0. The van der Waals surface area contributed by atoms with Gasteiger partial charge in [0.05, 0.1) is 0 Å². The molecule has 14 heavy (non-hydrogen) atoms. The molecule has 70 valence electrons. The van der Waals surface area contributed by atoms with Gasteiger partial charge in [0.2, 0.25) is 0 Å². The summed E-state index contributed by atoms with van der Waals surface area (Å²) in [5.41, 5.74) is 0.710. The highest BCUT2D eigenvalue weighted by atomic mass is 127. The SMILES string of the molecule is O=C(c1ccc(I)cc1)n1cccc1. The summed E-state index contributed by atoms with van der Waals surface area (Å²) in [4.78, 5) is 11.8. The van der Waals surface area contributed by atoms with Gasteiger partial charge in [-0.05, 0) is 59.0 Å². The molecule has 0 unspecified atom stereocenters. The van der Waals surface area contributed by atoms with Gasteiger partial charge in [0.1, 0.15) is 0 Å². The van der Waals surface area contributed by atoms with E-state index in [1.54, 1.807) is 17.0 Å². The Morgan fingerprint density at radius 1 is 1.07 bits per heavy atom. The van der Waals surface area contributed by atoms with Crippen molar-refractivity contribution in [2.75, 3.05) is 0 Å². The summed E-state index contributed by atoms with van der Waals surface area (Å²) in [5.74, 6) is 0.00593. The number of aromatic nitrogens is 1. The molecule has 0 amide bonds. The van der Waals surface area contributed by atoms with E-state index in [2.05, 4.69) is 22.6 Å². The van der Waals surface area contributed by atoms with Gasteiger partial charge in [-0.15, -0.1) is 0 Å². The van der Waals surface area contributed by atoms with Gasteiger partial charge in [0.25, 0.3) is 5.91 Å². The molecule has 2 aromatic rings. The fraction of sp³-hybridized carbons (Fsp3) is 0. The van der Waals surface area contributed by atoms with Crippen LogP contribution in [0.15, 0.2) is 48.8 Å². The maximum atomic E-state index is 11.8. The summed E-state index contributed by atoms with van der Waals surface area (Å²) in [7, 11) is 0. The molecule has 0 atom stereocenters. The zero-order valence-corrected chi connectivity index (χ0v) is 9.51. The summed E-state index contributed by atoms with van der Waals surface area (Å²) in [6.07, 6.45) is 3.50. The Bertz CT molecular complexity index is 431. The molecule has 3 heteroatoms. The van der Waals surface area contributed by atoms with Crippen LogP contribution < -0.4 is 0 Å². The van der Waals surface area contributed by atoms with Crippen molar-refractivity contribution in [2.24, 2.45) is 0 Å². The summed E-state index contributed by atoms with van der Waals surface area (Å²) in [6.45, 7) is 0. The molecular formula is C11H8INO. The number of rotatable bonds is 1. The van der Waals surface area contributed by atoms with Crippen LogP contribution in [0.3, 0.4) is 0 Å². The first-order chi connectivity index (χ1) is 6.77. The minimum Gasteiger partial charge on any atom is -0.291 e. The van der Waals surface area contributed by atoms with Crippen molar-refractivity contribution in [1.82, 2.24) is 4.57 Å². The first-order valence-corrected chi connectivity index (χ1v) is 5.28. The minimum absolute atomic E-state index is 0.00593. The second-order valence-corrected chi connectivity index (χ2v) is 4.15. The molecular weight excluding hydrogens is 289 g/mol. The molecule has 0 radical (unpaired) electrons. The third-order valence-electron chi connectivity index (χ3n) is 1.93. The molecule has 0 aliphatic carbocycles. The van der Waals surface area contributed by atoms with Crippen LogP contribution >= 0.6 is 22.6 Å². The summed E-state index contributed by atoms with van der Waals surface area (Å²) >= 11 is 2.22. The molecule has 0 aliphatic heterocycles. The van der Waals surface area contributed by atoms with Crippen LogP contribution in [0.2, 0.25) is 0 Å². The first kappa shape index (κ1) is 9.45. The molecule has 1 heterocycles. The van der Waals surface area contributed by atoms with Crippen molar-refractivity contribution < 1.29 is 4.79 Å². The standard InChI is InChI=1S/C11H8INO/c12-10-5-3-9(4-6-10)11(14)13-7-1-2-8-13/h1-8H. The first-order valence-electron chi connectivity index (χ1n) is 4.20. The third kappa shape index (κ3) is 1.87. The molecule has 0 N–H and O–H groups in total. The molecule has 2 nitrogen and oxygen atoms in total. The number of halogens is 1. The Hall–Kier alpha value is -1.10. The Labute approximate surface area is 95.7 Å². The fourth-order valence-electron chi connectivity index (χ4n) is 1.21. The van der Waals surface area contributed by atoms with Crippen LogP contribution in [-0.2, 0) is 0 Å². The smallest absolute Gasteiger partial charge is 0.261 e. The topological polar surface area (TPSA) is 22.0 Å². The van der Waals surface area contributed by atoms with Crippen molar-refractivity contribution in [3.8, 4) is 0 Å². The van der Waals surface area contributed by atoms with Gasteiger partial charge in [-0.1, -0.05) is 0 Å². The molecule has 1 aromatic carbocycles. The lowest BCUT2D eigenvalue weighted by Crippen LogP contribution is -2.09. The number of carbonyl (C=O) groups is 1. The maximum Gasteiger partial charge on any atom is 0.261 e. The van der Waals surface area contributed by atoms with Gasteiger partial charge < -0.3 is 0 Å². The normalized spacial score (nSPS) is 10.1. The monoisotopic (exact) mass is 297 g/mol. The van der Waals surface area contributed by atoms with Crippen LogP contribution in [0.25, 0.3) is 0 Å². The lowest BCUT2D eigenvalue weighted by molar-refractivity contribution is 0.0960. The lowest BCUT2D eigenvalue weighted by Gasteiger charge is -2.01. The number of hydrogen-bond donors (Lipinski definition) is 0.